The average molecular weight is 350 g/mol. The van der Waals surface area contributed by atoms with Gasteiger partial charge in [-0.3, -0.25) is 0 Å². The highest BCUT2D eigenvalue weighted by Gasteiger charge is 2.12. The number of aryl methyl sites for hydroxylation is 2. The second kappa shape index (κ2) is 6.87. The van der Waals surface area contributed by atoms with Crippen LogP contribution < -0.4 is 9.47 Å². The molecular weight excluding hydrogens is 332 g/mol. The molecule has 4 aromatic rings. The maximum absolute atomic E-state index is 5.47. The lowest BCUT2D eigenvalue weighted by Crippen LogP contribution is -1.97. The fourth-order valence-corrected chi connectivity index (χ4v) is 2.84. The molecule has 1 aromatic carbocycles. The third-order valence-corrected chi connectivity index (χ3v) is 4.14. The van der Waals surface area contributed by atoms with Crippen molar-refractivity contribution < 1.29 is 13.9 Å². The third-order valence-electron chi connectivity index (χ3n) is 4.14. The van der Waals surface area contributed by atoms with E-state index in [1.165, 1.54) is 0 Å². The van der Waals surface area contributed by atoms with Crippen molar-refractivity contribution in [3.63, 3.8) is 0 Å². The Morgan fingerprint density at radius 2 is 1.92 bits per heavy atom. The maximum atomic E-state index is 5.47. The van der Waals surface area contributed by atoms with E-state index in [9.17, 15) is 0 Å². The van der Waals surface area contributed by atoms with Gasteiger partial charge in [-0.2, -0.15) is 9.50 Å². The normalized spacial score (nSPS) is 11.0. The summed E-state index contributed by atoms with van der Waals surface area (Å²) in [5.74, 6) is 3.45. The number of hydrogen-bond donors (Lipinski definition) is 0. The molecule has 0 amide bonds. The number of nitrogens with zero attached hydrogens (tertiary/aromatic N) is 4. The molecule has 0 aliphatic heterocycles. The van der Waals surface area contributed by atoms with E-state index < -0.39 is 0 Å². The van der Waals surface area contributed by atoms with Crippen LogP contribution in [0.15, 0.2) is 53.3 Å². The van der Waals surface area contributed by atoms with E-state index >= 15 is 0 Å². The minimum atomic E-state index is 0.557. The van der Waals surface area contributed by atoms with Crippen molar-refractivity contribution in [2.75, 3.05) is 14.2 Å². The van der Waals surface area contributed by atoms with Gasteiger partial charge < -0.3 is 13.9 Å². The minimum Gasteiger partial charge on any atom is -0.493 e. The van der Waals surface area contributed by atoms with Crippen molar-refractivity contribution in [2.24, 2.45) is 0 Å². The van der Waals surface area contributed by atoms with Gasteiger partial charge in [0.2, 0.25) is 0 Å². The van der Waals surface area contributed by atoms with Gasteiger partial charge in [0, 0.05) is 12.6 Å². The zero-order valence-electron chi connectivity index (χ0n) is 14.5. The van der Waals surface area contributed by atoms with Gasteiger partial charge >= 0.3 is 0 Å². The first-order valence-electron chi connectivity index (χ1n) is 8.24. The molecule has 132 valence electrons. The summed E-state index contributed by atoms with van der Waals surface area (Å²) in [7, 11) is 3.26. The van der Waals surface area contributed by atoms with Crippen molar-refractivity contribution >= 4 is 5.78 Å². The first-order valence-corrected chi connectivity index (χ1v) is 8.24. The second-order valence-corrected chi connectivity index (χ2v) is 5.74. The lowest BCUT2D eigenvalue weighted by molar-refractivity contribution is 0.354. The number of methoxy groups -OCH3 is 2. The first-order chi connectivity index (χ1) is 12.8. The van der Waals surface area contributed by atoms with Crippen molar-refractivity contribution in [1.29, 1.82) is 0 Å². The summed E-state index contributed by atoms with van der Waals surface area (Å²) in [6.45, 7) is 0. The Kier molecular flexibility index (Phi) is 4.27. The number of fused-ring (bicyclic) bond motifs is 1. The summed E-state index contributed by atoms with van der Waals surface area (Å²) in [6, 6.07) is 11.5. The van der Waals surface area contributed by atoms with E-state index in [1.54, 1.807) is 31.2 Å². The van der Waals surface area contributed by atoms with Gasteiger partial charge in [0.05, 0.1) is 20.5 Å². The summed E-state index contributed by atoms with van der Waals surface area (Å²) >= 11 is 0. The molecule has 0 radical (unpaired) electrons. The van der Waals surface area contributed by atoms with Crippen LogP contribution in [0.3, 0.4) is 0 Å². The number of hydrogen-bond acceptors (Lipinski definition) is 6. The van der Waals surface area contributed by atoms with Crippen molar-refractivity contribution in [3.05, 3.63) is 60.2 Å². The fraction of sp³-hybridized carbons (Fsp3) is 0.211. The van der Waals surface area contributed by atoms with Gasteiger partial charge in [-0.25, -0.2) is 4.98 Å². The topological polar surface area (TPSA) is 74.7 Å². The van der Waals surface area contributed by atoms with E-state index in [0.29, 0.717) is 12.2 Å². The molecule has 0 atom stereocenters. The second-order valence-electron chi connectivity index (χ2n) is 5.74. The number of rotatable bonds is 6. The zero-order chi connectivity index (χ0) is 17.9. The lowest BCUT2D eigenvalue weighted by Gasteiger charge is -2.08. The highest BCUT2D eigenvalue weighted by Crippen LogP contribution is 2.28. The predicted molar refractivity (Wildman–Crippen MR) is 95.4 cm³/mol. The highest BCUT2D eigenvalue weighted by molar-refractivity contribution is 5.54. The van der Waals surface area contributed by atoms with E-state index in [2.05, 4.69) is 15.1 Å². The molecular formula is C19H18N4O3. The monoisotopic (exact) mass is 350 g/mol. The molecule has 0 saturated carbocycles. The Morgan fingerprint density at radius 1 is 1.04 bits per heavy atom. The van der Waals surface area contributed by atoms with Crippen molar-refractivity contribution in [1.82, 2.24) is 19.6 Å². The van der Waals surface area contributed by atoms with Crippen LogP contribution in [-0.2, 0) is 12.8 Å². The molecule has 0 saturated heterocycles. The fourth-order valence-electron chi connectivity index (χ4n) is 2.84. The Hall–Kier alpha value is -3.35. The predicted octanol–water partition coefficient (Wildman–Crippen LogP) is 3.19. The molecule has 0 unspecified atom stereocenters. The summed E-state index contributed by atoms with van der Waals surface area (Å²) in [5.41, 5.74) is 1.95. The molecule has 3 aromatic heterocycles. The van der Waals surface area contributed by atoms with Crippen LogP contribution in [0.4, 0.5) is 0 Å². The molecule has 0 spiro atoms. The molecule has 7 nitrogen and oxygen atoms in total. The van der Waals surface area contributed by atoms with E-state index in [0.717, 1.165) is 40.8 Å². The van der Waals surface area contributed by atoms with Crippen molar-refractivity contribution in [2.45, 2.75) is 12.8 Å². The molecule has 0 N–H and O–H groups in total. The zero-order valence-corrected chi connectivity index (χ0v) is 14.5. The SMILES string of the molecule is COc1ccc(CCc2nc3nccc(-c4ccco4)n3n2)cc1OC. The summed E-state index contributed by atoms with van der Waals surface area (Å²) in [6.07, 6.45) is 4.82. The van der Waals surface area contributed by atoms with Crippen LogP contribution in [0.2, 0.25) is 0 Å². The van der Waals surface area contributed by atoms with Crippen LogP contribution in [-0.4, -0.2) is 33.8 Å². The molecule has 0 aliphatic carbocycles. The summed E-state index contributed by atoms with van der Waals surface area (Å²) < 4.78 is 17.8. The number of furan rings is 1. The van der Waals surface area contributed by atoms with E-state index in [-0.39, 0.29) is 0 Å². The van der Waals surface area contributed by atoms with Crippen LogP contribution in [0.1, 0.15) is 11.4 Å². The first kappa shape index (κ1) is 16.1. The Balaban J connectivity index is 1.58. The molecule has 26 heavy (non-hydrogen) atoms. The molecule has 3 heterocycles. The van der Waals surface area contributed by atoms with E-state index in [4.69, 9.17) is 13.9 Å². The summed E-state index contributed by atoms with van der Waals surface area (Å²) in [5, 5.41) is 4.59. The minimum absolute atomic E-state index is 0.557. The quantitative estimate of drug-likeness (QED) is 0.532. The van der Waals surface area contributed by atoms with Gasteiger partial charge in [0.25, 0.3) is 5.78 Å². The van der Waals surface area contributed by atoms with Crippen molar-refractivity contribution in [3.8, 4) is 23.0 Å². The van der Waals surface area contributed by atoms with Crippen LogP contribution in [0.5, 0.6) is 11.5 Å². The van der Waals surface area contributed by atoms with Crippen LogP contribution in [0, 0.1) is 0 Å². The smallest absolute Gasteiger partial charge is 0.253 e. The van der Waals surface area contributed by atoms with Crippen LogP contribution in [0.25, 0.3) is 17.2 Å². The molecule has 0 bridgehead atoms. The van der Waals surface area contributed by atoms with Gasteiger partial charge in [0.1, 0.15) is 5.69 Å². The number of benzene rings is 1. The number of aromatic nitrogens is 4. The van der Waals surface area contributed by atoms with Gasteiger partial charge in [0.15, 0.2) is 23.1 Å². The van der Waals surface area contributed by atoms with Gasteiger partial charge in [-0.15, -0.1) is 5.10 Å². The Bertz CT molecular complexity index is 1020. The third kappa shape index (κ3) is 2.99. The maximum Gasteiger partial charge on any atom is 0.253 e. The Labute approximate surface area is 150 Å². The number of ether oxygens (including phenoxy) is 2. The van der Waals surface area contributed by atoms with Gasteiger partial charge in [-0.05, 0) is 42.3 Å². The lowest BCUT2D eigenvalue weighted by atomic mass is 10.1. The standard InChI is InChI=1S/C19H18N4O3/c1-24-16-7-5-13(12-17(16)25-2)6-8-18-21-19-20-10-9-14(23(19)22-18)15-4-3-11-26-15/h3-5,7,9-12H,6,8H2,1-2H3. The molecule has 0 aliphatic rings. The largest absolute Gasteiger partial charge is 0.493 e. The van der Waals surface area contributed by atoms with Crippen LogP contribution >= 0.6 is 0 Å². The average Bonchev–Trinajstić information content (AvgIpc) is 3.35. The Morgan fingerprint density at radius 3 is 2.69 bits per heavy atom. The van der Waals surface area contributed by atoms with E-state index in [1.807, 2.05) is 36.4 Å². The summed E-state index contributed by atoms with van der Waals surface area (Å²) in [4.78, 5) is 8.81. The highest BCUT2D eigenvalue weighted by atomic mass is 16.5. The van der Waals surface area contributed by atoms with Gasteiger partial charge in [-0.1, -0.05) is 6.07 Å². The molecule has 7 heteroatoms. The molecule has 0 fully saturated rings. The molecule has 4 rings (SSSR count).